The van der Waals surface area contributed by atoms with Crippen molar-refractivity contribution in [2.45, 2.75) is 33.2 Å². The van der Waals surface area contributed by atoms with Crippen LogP contribution in [-0.4, -0.2) is 24.0 Å². The first-order valence-corrected chi connectivity index (χ1v) is 10.1. The van der Waals surface area contributed by atoms with E-state index in [1.807, 2.05) is 42.5 Å². The van der Waals surface area contributed by atoms with Crippen LogP contribution in [0.1, 0.15) is 41.3 Å². The zero-order valence-corrected chi connectivity index (χ0v) is 16.6. The van der Waals surface area contributed by atoms with Gasteiger partial charge in [-0.2, -0.15) is 0 Å². The number of carbonyl (C=O) groups is 1. The van der Waals surface area contributed by atoms with Crippen LogP contribution < -0.4 is 10.2 Å². The van der Waals surface area contributed by atoms with Gasteiger partial charge in [-0.1, -0.05) is 49.4 Å². The number of aryl methyl sites for hydroxylation is 1. The zero-order chi connectivity index (χ0) is 19.5. The van der Waals surface area contributed by atoms with E-state index in [9.17, 15) is 4.79 Å². The Bertz CT molecular complexity index is 998. The molecule has 1 aromatic heterocycles. The van der Waals surface area contributed by atoms with E-state index in [4.69, 9.17) is 4.98 Å². The van der Waals surface area contributed by atoms with E-state index in [0.717, 1.165) is 35.4 Å². The Hall–Kier alpha value is -2.88. The van der Waals surface area contributed by atoms with Gasteiger partial charge < -0.3 is 10.2 Å². The minimum absolute atomic E-state index is 0.0480. The monoisotopic (exact) mass is 373 g/mol. The van der Waals surface area contributed by atoms with Crippen molar-refractivity contribution in [2.24, 2.45) is 5.92 Å². The van der Waals surface area contributed by atoms with Crippen LogP contribution in [0, 0.1) is 12.8 Å². The molecule has 28 heavy (non-hydrogen) atoms. The highest BCUT2D eigenvalue weighted by atomic mass is 16.1. The molecule has 1 saturated heterocycles. The lowest BCUT2D eigenvalue weighted by Gasteiger charge is -2.32. The molecular weight excluding hydrogens is 346 g/mol. The van der Waals surface area contributed by atoms with E-state index in [0.29, 0.717) is 18.0 Å². The van der Waals surface area contributed by atoms with E-state index in [1.54, 1.807) is 0 Å². The van der Waals surface area contributed by atoms with Crippen molar-refractivity contribution in [1.82, 2.24) is 10.3 Å². The Kier molecular flexibility index (Phi) is 5.29. The molecule has 144 valence electrons. The summed E-state index contributed by atoms with van der Waals surface area (Å²) in [6, 6.07) is 18.0. The highest BCUT2D eigenvalue weighted by molar-refractivity contribution is 6.07. The number of para-hydroxylation sites is 1. The van der Waals surface area contributed by atoms with Crippen LogP contribution in [0.25, 0.3) is 10.9 Å². The molecule has 0 aliphatic carbocycles. The van der Waals surface area contributed by atoms with Crippen molar-refractivity contribution >= 4 is 22.6 Å². The molecule has 1 aliphatic heterocycles. The fraction of sp³-hybridized carbons (Fsp3) is 0.333. The third kappa shape index (κ3) is 3.86. The summed E-state index contributed by atoms with van der Waals surface area (Å²) in [5.41, 5.74) is 3.90. The molecule has 2 heterocycles. The van der Waals surface area contributed by atoms with Gasteiger partial charge in [-0.25, -0.2) is 4.98 Å². The van der Waals surface area contributed by atoms with Gasteiger partial charge in [0.25, 0.3) is 5.91 Å². The van der Waals surface area contributed by atoms with Gasteiger partial charge in [0.2, 0.25) is 0 Å². The number of nitrogens with one attached hydrogen (secondary N) is 1. The van der Waals surface area contributed by atoms with E-state index < -0.39 is 0 Å². The number of amides is 1. The van der Waals surface area contributed by atoms with Crippen LogP contribution >= 0.6 is 0 Å². The molecule has 1 N–H and O–H groups in total. The fourth-order valence-corrected chi connectivity index (χ4v) is 3.99. The van der Waals surface area contributed by atoms with Gasteiger partial charge in [0.15, 0.2) is 0 Å². The lowest BCUT2D eigenvalue weighted by atomic mass is 10.00. The summed E-state index contributed by atoms with van der Waals surface area (Å²) in [5, 5.41) is 4.00. The molecule has 0 unspecified atom stereocenters. The van der Waals surface area contributed by atoms with E-state index in [2.05, 4.69) is 36.2 Å². The predicted octanol–water partition coefficient (Wildman–Crippen LogP) is 4.71. The van der Waals surface area contributed by atoms with E-state index in [1.165, 1.54) is 18.4 Å². The number of pyridine rings is 1. The SMILES string of the molecule is Cc1ccccc1CNC(=O)c1cc(N2CCC[C@@H](C)C2)nc2ccccc12. The standard InChI is InChI=1S/C24H27N3O/c1-17-8-7-13-27(16-17)23-14-21(20-11-5-6-12-22(20)26-23)24(28)25-15-19-10-4-3-9-18(19)2/h3-6,9-12,14,17H,7-8,13,15-16H2,1-2H3,(H,25,28)/t17-/m1/s1. The van der Waals surface area contributed by atoms with Crippen LogP contribution in [0.15, 0.2) is 54.6 Å². The smallest absolute Gasteiger partial charge is 0.252 e. The molecule has 3 aromatic rings. The van der Waals surface area contributed by atoms with Crippen molar-refractivity contribution in [1.29, 1.82) is 0 Å². The molecule has 0 saturated carbocycles. The molecule has 4 rings (SSSR count). The highest BCUT2D eigenvalue weighted by Crippen LogP contribution is 2.26. The average Bonchev–Trinajstić information content (AvgIpc) is 2.72. The summed E-state index contributed by atoms with van der Waals surface area (Å²) in [4.78, 5) is 20.3. The second kappa shape index (κ2) is 8.01. The van der Waals surface area contributed by atoms with Crippen LogP contribution in [-0.2, 0) is 6.54 Å². The summed E-state index contributed by atoms with van der Waals surface area (Å²) < 4.78 is 0. The number of hydrogen-bond acceptors (Lipinski definition) is 3. The third-order valence-corrected chi connectivity index (χ3v) is 5.63. The Morgan fingerprint density at radius 1 is 1.18 bits per heavy atom. The molecular formula is C24H27N3O. The molecule has 4 nitrogen and oxygen atoms in total. The predicted molar refractivity (Wildman–Crippen MR) is 115 cm³/mol. The fourth-order valence-electron chi connectivity index (χ4n) is 3.99. The second-order valence-electron chi connectivity index (χ2n) is 7.85. The van der Waals surface area contributed by atoms with Gasteiger partial charge in [0, 0.05) is 25.0 Å². The number of nitrogens with zero attached hydrogens (tertiary/aromatic N) is 2. The molecule has 0 bridgehead atoms. The molecule has 4 heteroatoms. The molecule has 0 spiro atoms. The molecule has 1 fully saturated rings. The number of carbonyl (C=O) groups excluding carboxylic acids is 1. The molecule has 1 atom stereocenters. The molecule has 0 radical (unpaired) electrons. The number of benzene rings is 2. The van der Waals surface area contributed by atoms with Crippen LogP contribution in [0.3, 0.4) is 0 Å². The average molecular weight is 374 g/mol. The first kappa shape index (κ1) is 18.5. The zero-order valence-electron chi connectivity index (χ0n) is 16.6. The molecule has 2 aromatic carbocycles. The van der Waals surface area contributed by atoms with Gasteiger partial charge in [-0.3, -0.25) is 4.79 Å². The number of hydrogen-bond donors (Lipinski definition) is 1. The second-order valence-corrected chi connectivity index (χ2v) is 7.85. The normalized spacial score (nSPS) is 16.9. The topological polar surface area (TPSA) is 45.2 Å². The maximum absolute atomic E-state index is 13.1. The van der Waals surface area contributed by atoms with Crippen LogP contribution in [0.2, 0.25) is 0 Å². The van der Waals surface area contributed by atoms with E-state index >= 15 is 0 Å². The van der Waals surface area contributed by atoms with Crippen molar-refractivity contribution < 1.29 is 4.79 Å². The van der Waals surface area contributed by atoms with Crippen molar-refractivity contribution in [3.8, 4) is 0 Å². The number of rotatable bonds is 4. The summed E-state index contributed by atoms with van der Waals surface area (Å²) in [7, 11) is 0. The Labute approximate surface area is 166 Å². The van der Waals surface area contributed by atoms with Gasteiger partial charge in [-0.05, 0) is 48.9 Å². The molecule has 1 amide bonds. The third-order valence-electron chi connectivity index (χ3n) is 5.63. The van der Waals surface area contributed by atoms with Crippen LogP contribution in [0.5, 0.6) is 0 Å². The van der Waals surface area contributed by atoms with Gasteiger partial charge in [0.1, 0.15) is 5.82 Å². The highest BCUT2D eigenvalue weighted by Gasteiger charge is 2.20. The van der Waals surface area contributed by atoms with E-state index in [-0.39, 0.29) is 5.91 Å². The minimum Gasteiger partial charge on any atom is -0.356 e. The summed E-state index contributed by atoms with van der Waals surface area (Å²) >= 11 is 0. The van der Waals surface area contributed by atoms with Crippen molar-refractivity contribution in [3.05, 3.63) is 71.3 Å². The first-order valence-electron chi connectivity index (χ1n) is 10.1. The van der Waals surface area contributed by atoms with Gasteiger partial charge in [0.05, 0.1) is 11.1 Å². The largest absolute Gasteiger partial charge is 0.356 e. The quantitative estimate of drug-likeness (QED) is 0.720. The first-order chi connectivity index (χ1) is 13.6. The maximum Gasteiger partial charge on any atom is 0.252 e. The summed E-state index contributed by atoms with van der Waals surface area (Å²) in [6.07, 6.45) is 2.43. The lowest BCUT2D eigenvalue weighted by Crippen LogP contribution is -2.35. The Morgan fingerprint density at radius 3 is 2.79 bits per heavy atom. The van der Waals surface area contributed by atoms with Gasteiger partial charge in [-0.15, -0.1) is 0 Å². The minimum atomic E-state index is -0.0480. The number of piperidine rings is 1. The maximum atomic E-state index is 13.1. The summed E-state index contributed by atoms with van der Waals surface area (Å²) in [5.74, 6) is 1.51. The van der Waals surface area contributed by atoms with Crippen LogP contribution in [0.4, 0.5) is 5.82 Å². The lowest BCUT2D eigenvalue weighted by molar-refractivity contribution is 0.0952. The Morgan fingerprint density at radius 2 is 1.96 bits per heavy atom. The van der Waals surface area contributed by atoms with Crippen molar-refractivity contribution in [2.75, 3.05) is 18.0 Å². The summed E-state index contributed by atoms with van der Waals surface area (Å²) in [6.45, 7) is 6.87. The van der Waals surface area contributed by atoms with Crippen molar-refractivity contribution in [3.63, 3.8) is 0 Å². The number of anilines is 1. The van der Waals surface area contributed by atoms with Gasteiger partial charge >= 0.3 is 0 Å². The number of aromatic nitrogens is 1. The Balaban J connectivity index is 1.64. The number of fused-ring (bicyclic) bond motifs is 1. The molecule has 1 aliphatic rings.